The van der Waals surface area contributed by atoms with Crippen molar-refractivity contribution in [1.29, 1.82) is 0 Å². The zero-order valence-corrected chi connectivity index (χ0v) is 11.0. The van der Waals surface area contributed by atoms with Gasteiger partial charge in [0.05, 0.1) is 0 Å². The second kappa shape index (κ2) is 6.65. The van der Waals surface area contributed by atoms with Crippen LogP contribution in [0.15, 0.2) is 36.9 Å². The highest BCUT2D eigenvalue weighted by atomic mass is 15.2. The van der Waals surface area contributed by atoms with Crippen molar-refractivity contribution in [2.75, 3.05) is 30.4 Å². The van der Waals surface area contributed by atoms with E-state index in [1.165, 1.54) is 0 Å². The summed E-state index contributed by atoms with van der Waals surface area (Å²) in [4.78, 5) is 14.4. The summed E-state index contributed by atoms with van der Waals surface area (Å²) < 4.78 is 0. The molecule has 0 aliphatic heterocycles. The molecule has 2 rings (SSSR count). The van der Waals surface area contributed by atoms with Gasteiger partial charge < -0.3 is 16.0 Å². The second-order valence-electron chi connectivity index (χ2n) is 4.09. The summed E-state index contributed by atoms with van der Waals surface area (Å²) in [6.07, 6.45) is 5.98. The number of aromatic nitrogens is 3. The number of nitrogens with one attached hydrogen (secondary N) is 1. The molecule has 2 aromatic heterocycles. The monoisotopic (exact) mass is 258 g/mol. The van der Waals surface area contributed by atoms with Crippen molar-refractivity contribution in [2.24, 2.45) is 5.73 Å². The fraction of sp³-hybridized carbons (Fsp3) is 0.308. The Labute approximate surface area is 112 Å². The summed E-state index contributed by atoms with van der Waals surface area (Å²) in [5.74, 6) is 1.64. The molecule has 0 aliphatic rings. The van der Waals surface area contributed by atoms with Gasteiger partial charge in [-0.15, -0.1) is 0 Å². The van der Waals surface area contributed by atoms with Crippen molar-refractivity contribution in [3.05, 3.63) is 36.9 Å². The minimum atomic E-state index is 0.669. The second-order valence-corrected chi connectivity index (χ2v) is 4.09. The first-order valence-corrected chi connectivity index (χ1v) is 6.21. The van der Waals surface area contributed by atoms with Gasteiger partial charge in [-0.1, -0.05) is 0 Å². The van der Waals surface area contributed by atoms with E-state index in [0.29, 0.717) is 6.54 Å². The van der Waals surface area contributed by atoms with Crippen LogP contribution in [-0.2, 0) is 0 Å². The molecule has 2 heterocycles. The van der Waals surface area contributed by atoms with E-state index < -0.39 is 0 Å². The van der Waals surface area contributed by atoms with Gasteiger partial charge in [-0.25, -0.2) is 9.97 Å². The Balaban J connectivity index is 2.10. The van der Waals surface area contributed by atoms with E-state index in [1.807, 2.05) is 30.1 Å². The summed E-state index contributed by atoms with van der Waals surface area (Å²) >= 11 is 0. The van der Waals surface area contributed by atoms with Crippen LogP contribution >= 0.6 is 0 Å². The molecular formula is C13H18N6. The van der Waals surface area contributed by atoms with Crippen LogP contribution in [0.4, 0.5) is 17.3 Å². The highest BCUT2D eigenvalue weighted by Crippen LogP contribution is 2.21. The maximum absolute atomic E-state index is 5.46. The third kappa shape index (κ3) is 3.62. The molecule has 19 heavy (non-hydrogen) atoms. The summed E-state index contributed by atoms with van der Waals surface area (Å²) in [6.45, 7) is 1.48. The fourth-order valence-corrected chi connectivity index (χ4v) is 1.65. The Kier molecular flexibility index (Phi) is 4.63. The molecule has 2 aromatic rings. The molecule has 0 radical (unpaired) electrons. The lowest BCUT2D eigenvalue weighted by atomic mass is 10.3. The topological polar surface area (TPSA) is 80.0 Å². The molecular weight excluding hydrogens is 240 g/mol. The maximum atomic E-state index is 5.46. The molecule has 0 spiro atoms. The standard InChI is InChI=1S/C13H18N6/c1-19(11-3-7-15-8-4-11)13-9-12(17-10-18-13)16-6-2-5-14/h3-4,7-10H,2,5-6,14H2,1H3,(H,16,17,18). The Morgan fingerprint density at radius 3 is 2.79 bits per heavy atom. The van der Waals surface area contributed by atoms with Gasteiger partial charge >= 0.3 is 0 Å². The smallest absolute Gasteiger partial charge is 0.138 e. The van der Waals surface area contributed by atoms with E-state index in [-0.39, 0.29) is 0 Å². The first-order valence-electron chi connectivity index (χ1n) is 6.21. The average Bonchev–Trinajstić information content (AvgIpc) is 2.48. The zero-order chi connectivity index (χ0) is 13.5. The highest BCUT2D eigenvalue weighted by Gasteiger charge is 2.06. The highest BCUT2D eigenvalue weighted by molar-refractivity contribution is 5.60. The number of hydrogen-bond acceptors (Lipinski definition) is 6. The van der Waals surface area contributed by atoms with Gasteiger partial charge in [0.15, 0.2) is 0 Å². The van der Waals surface area contributed by atoms with Gasteiger partial charge in [0.2, 0.25) is 0 Å². The van der Waals surface area contributed by atoms with Crippen molar-refractivity contribution in [1.82, 2.24) is 15.0 Å². The molecule has 0 saturated heterocycles. The summed E-state index contributed by atoms with van der Waals surface area (Å²) in [6, 6.07) is 5.78. The number of nitrogens with two attached hydrogens (primary N) is 1. The molecule has 6 nitrogen and oxygen atoms in total. The van der Waals surface area contributed by atoms with E-state index in [0.717, 1.165) is 30.3 Å². The maximum Gasteiger partial charge on any atom is 0.138 e. The van der Waals surface area contributed by atoms with Crippen LogP contribution in [0.2, 0.25) is 0 Å². The van der Waals surface area contributed by atoms with Crippen molar-refractivity contribution in [3.63, 3.8) is 0 Å². The molecule has 0 unspecified atom stereocenters. The fourth-order valence-electron chi connectivity index (χ4n) is 1.65. The van der Waals surface area contributed by atoms with Crippen molar-refractivity contribution in [2.45, 2.75) is 6.42 Å². The lowest BCUT2D eigenvalue weighted by Crippen LogP contribution is -2.13. The number of hydrogen-bond donors (Lipinski definition) is 2. The first-order chi connectivity index (χ1) is 9.31. The minimum Gasteiger partial charge on any atom is -0.370 e. The van der Waals surface area contributed by atoms with Crippen molar-refractivity contribution < 1.29 is 0 Å². The van der Waals surface area contributed by atoms with E-state index in [4.69, 9.17) is 5.73 Å². The lowest BCUT2D eigenvalue weighted by molar-refractivity contribution is 0.868. The quantitative estimate of drug-likeness (QED) is 0.762. The number of rotatable bonds is 6. The van der Waals surface area contributed by atoms with Crippen LogP contribution in [0.1, 0.15) is 6.42 Å². The first kappa shape index (κ1) is 13.2. The van der Waals surface area contributed by atoms with E-state index in [9.17, 15) is 0 Å². The zero-order valence-electron chi connectivity index (χ0n) is 11.0. The summed E-state index contributed by atoms with van der Waals surface area (Å²) in [7, 11) is 1.96. The predicted molar refractivity (Wildman–Crippen MR) is 76.5 cm³/mol. The predicted octanol–water partition coefficient (Wildman–Crippen LogP) is 1.40. The van der Waals surface area contributed by atoms with Gasteiger partial charge in [0.1, 0.15) is 18.0 Å². The van der Waals surface area contributed by atoms with Crippen LogP contribution in [0.3, 0.4) is 0 Å². The minimum absolute atomic E-state index is 0.669. The molecule has 100 valence electrons. The number of nitrogens with zero attached hydrogens (tertiary/aromatic N) is 4. The Bertz CT molecular complexity index is 501. The van der Waals surface area contributed by atoms with Gasteiger partial charge in [-0.2, -0.15) is 0 Å². The van der Waals surface area contributed by atoms with Gasteiger partial charge in [0, 0.05) is 37.7 Å². The molecule has 0 atom stereocenters. The van der Waals surface area contributed by atoms with E-state index >= 15 is 0 Å². The van der Waals surface area contributed by atoms with E-state index in [2.05, 4.69) is 20.3 Å². The summed E-state index contributed by atoms with van der Waals surface area (Å²) in [5, 5.41) is 3.22. The Hall–Kier alpha value is -2.21. The third-order valence-corrected chi connectivity index (χ3v) is 2.73. The molecule has 6 heteroatoms. The van der Waals surface area contributed by atoms with Gasteiger partial charge in [-0.3, -0.25) is 4.98 Å². The van der Waals surface area contributed by atoms with Crippen molar-refractivity contribution >= 4 is 17.3 Å². The summed E-state index contributed by atoms with van der Waals surface area (Å²) in [5.41, 5.74) is 6.49. The molecule has 0 aromatic carbocycles. The van der Waals surface area contributed by atoms with Crippen LogP contribution in [0.5, 0.6) is 0 Å². The Morgan fingerprint density at radius 2 is 2.05 bits per heavy atom. The van der Waals surface area contributed by atoms with Gasteiger partial charge in [-0.05, 0) is 25.1 Å². The Morgan fingerprint density at radius 1 is 1.26 bits per heavy atom. The average molecular weight is 258 g/mol. The molecule has 3 N–H and O–H groups in total. The van der Waals surface area contributed by atoms with Crippen LogP contribution in [-0.4, -0.2) is 35.1 Å². The molecule has 0 saturated carbocycles. The lowest BCUT2D eigenvalue weighted by Gasteiger charge is -2.18. The normalized spacial score (nSPS) is 10.2. The van der Waals surface area contributed by atoms with E-state index in [1.54, 1.807) is 18.7 Å². The SMILES string of the molecule is CN(c1ccncc1)c1cc(NCCCN)ncn1. The third-order valence-electron chi connectivity index (χ3n) is 2.73. The van der Waals surface area contributed by atoms with Crippen LogP contribution < -0.4 is 16.0 Å². The van der Waals surface area contributed by atoms with Crippen LogP contribution in [0, 0.1) is 0 Å². The number of pyridine rings is 1. The van der Waals surface area contributed by atoms with Crippen molar-refractivity contribution in [3.8, 4) is 0 Å². The largest absolute Gasteiger partial charge is 0.370 e. The molecule has 0 bridgehead atoms. The van der Waals surface area contributed by atoms with Gasteiger partial charge in [0.25, 0.3) is 0 Å². The molecule has 0 fully saturated rings. The molecule has 0 aliphatic carbocycles. The molecule has 0 amide bonds. The number of anilines is 3. The van der Waals surface area contributed by atoms with Crippen LogP contribution in [0.25, 0.3) is 0 Å².